The van der Waals surface area contributed by atoms with Crippen molar-refractivity contribution >= 4 is 12.0 Å². The maximum atomic E-state index is 10.5. The Hall–Kier alpha value is -2.16. The molecule has 0 atom stereocenters. The maximum Gasteiger partial charge on any atom is 0.328 e. The smallest absolute Gasteiger partial charge is 0.328 e. The second kappa shape index (κ2) is 9.70. The number of nitrogens with zero attached hydrogens (tertiary/aromatic N) is 2. The van der Waals surface area contributed by atoms with E-state index in [0.717, 1.165) is 30.3 Å². The number of methoxy groups -OCH3 is 1. The van der Waals surface area contributed by atoms with Gasteiger partial charge in [0.2, 0.25) is 0 Å². The Kier molecular flexibility index (Phi) is 7.80. The third-order valence-corrected chi connectivity index (χ3v) is 2.96. The lowest BCUT2D eigenvalue weighted by Crippen LogP contribution is -2.27. The Bertz CT molecular complexity index is 503. The lowest BCUT2D eigenvalue weighted by atomic mass is 10.1. The lowest BCUT2D eigenvalue weighted by Gasteiger charge is -2.20. The van der Waals surface area contributed by atoms with Crippen LogP contribution in [0.15, 0.2) is 30.3 Å². The van der Waals surface area contributed by atoms with E-state index in [-0.39, 0.29) is 0 Å². The number of carboxylic acid groups (broad SMARTS) is 1. The van der Waals surface area contributed by atoms with Crippen LogP contribution >= 0.6 is 0 Å². The highest BCUT2D eigenvalue weighted by Crippen LogP contribution is 2.09. The molecule has 21 heavy (non-hydrogen) atoms. The minimum absolute atomic E-state index is 0.489. The van der Waals surface area contributed by atoms with Crippen molar-refractivity contribution in [3.63, 3.8) is 0 Å². The minimum atomic E-state index is -0.957. The average molecular weight is 288 g/mol. The van der Waals surface area contributed by atoms with Gasteiger partial charge in [0.05, 0.1) is 12.7 Å². The van der Waals surface area contributed by atoms with Crippen molar-refractivity contribution in [1.82, 2.24) is 4.90 Å². The summed E-state index contributed by atoms with van der Waals surface area (Å²) in [4.78, 5) is 12.6. The maximum absolute atomic E-state index is 10.5. The molecular weight excluding hydrogens is 268 g/mol. The fourth-order valence-electron chi connectivity index (χ4n) is 1.86. The molecule has 1 N–H and O–H groups in total. The van der Waals surface area contributed by atoms with E-state index in [1.807, 2.05) is 24.3 Å². The van der Waals surface area contributed by atoms with Gasteiger partial charge in [-0.1, -0.05) is 24.3 Å². The Morgan fingerprint density at radius 1 is 1.38 bits per heavy atom. The van der Waals surface area contributed by atoms with Gasteiger partial charge in [0.15, 0.2) is 0 Å². The van der Waals surface area contributed by atoms with E-state index in [1.54, 1.807) is 13.2 Å². The summed E-state index contributed by atoms with van der Waals surface area (Å²) in [5, 5.41) is 17.3. The van der Waals surface area contributed by atoms with Crippen LogP contribution in [0.5, 0.6) is 0 Å². The quantitative estimate of drug-likeness (QED) is 0.705. The molecule has 0 bridgehead atoms. The van der Waals surface area contributed by atoms with Gasteiger partial charge in [-0.25, -0.2) is 4.79 Å². The van der Waals surface area contributed by atoms with Crippen molar-refractivity contribution in [2.24, 2.45) is 0 Å². The lowest BCUT2D eigenvalue weighted by molar-refractivity contribution is -0.131. The Labute approximate surface area is 125 Å². The molecule has 0 saturated heterocycles. The first-order chi connectivity index (χ1) is 10.2. The summed E-state index contributed by atoms with van der Waals surface area (Å²) in [6.07, 6.45) is 3.17. The van der Waals surface area contributed by atoms with E-state index in [0.29, 0.717) is 19.6 Å². The molecule has 0 aromatic heterocycles. The first-order valence-electron chi connectivity index (χ1n) is 6.74. The molecule has 0 amide bonds. The van der Waals surface area contributed by atoms with E-state index in [4.69, 9.17) is 15.1 Å². The fourth-order valence-corrected chi connectivity index (χ4v) is 1.86. The van der Waals surface area contributed by atoms with Gasteiger partial charge in [-0.2, -0.15) is 5.26 Å². The predicted molar refractivity (Wildman–Crippen MR) is 80.5 cm³/mol. The summed E-state index contributed by atoms with van der Waals surface area (Å²) in [5.74, 6) is -0.957. The van der Waals surface area contributed by atoms with Crippen molar-refractivity contribution in [2.75, 3.05) is 26.8 Å². The summed E-state index contributed by atoms with van der Waals surface area (Å²) in [5.41, 5.74) is 1.97. The molecule has 0 aliphatic heterocycles. The Morgan fingerprint density at radius 2 is 2.10 bits per heavy atom. The molecule has 5 nitrogen and oxygen atoms in total. The molecule has 0 saturated carbocycles. The number of carboxylic acids is 1. The minimum Gasteiger partial charge on any atom is -0.478 e. The zero-order valence-electron chi connectivity index (χ0n) is 12.2. The molecule has 0 aliphatic carbocycles. The van der Waals surface area contributed by atoms with E-state index >= 15 is 0 Å². The highest BCUT2D eigenvalue weighted by Gasteiger charge is 2.05. The number of aliphatic carboxylic acids is 1. The van der Waals surface area contributed by atoms with Gasteiger partial charge < -0.3 is 9.84 Å². The van der Waals surface area contributed by atoms with Crippen molar-refractivity contribution in [2.45, 2.75) is 13.0 Å². The van der Waals surface area contributed by atoms with Crippen LogP contribution in [0.3, 0.4) is 0 Å². The largest absolute Gasteiger partial charge is 0.478 e. The third-order valence-electron chi connectivity index (χ3n) is 2.96. The molecule has 0 radical (unpaired) electrons. The third kappa shape index (κ3) is 7.25. The molecule has 0 spiro atoms. The predicted octanol–water partition coefficient (Wildman–Crippen LogP) is 2.15. The summed E-state index contributed by atoms with van der Waals surface area (Å²) in [7, 11) is 1.66. The van der Waals surface area contributed by atoms with Gasteiger partial charge in [-0.3, -0.25) is 4.90 Å². The van der Waals surface area contributed by atoms with Crippen molar-refractivity contribution in [3.05, 3.63) is 41.5 Å². The zero-order chi connectivity index (χ0) is 15.5. The molecule has 0 aliphatic rings. The fraction of sp³-hybridized carbons (Fsp3) is 0.375. The molecule has 0 fully saturated rings. The molecular formula is C16H20N2O3. The molecule has 1 rings (SSSR count). The molecule has 5 heteroatoms. The van der Waals surface area contributed by atoms with E-state index in [9.17, 15) is 4.79 Å². The zero-order valence-corrected chi connectivity index (χ0v) is 12.2. The highest BCUT2D eigenvalue weighted by molar-refractivity contribution is 5.85. The molecule has 1 aromatic carbocycles. The topological polar surface area (TPSA) is 73.6 Å². The standard InChI is InChI=1S/C16H20N2O3/c1-21-12-11-18(10-2-9-17)13-15-5-3-14(4-6-15)7-8-16(19)20/h3-8H,2,10-13H2,1H3,(H,19,20). The summed E-state index contributed by atoms with van der Waals surface area (Å²) < 4.78 is 5.07. The van der Waals surface area contributed by atoms with Crippen LogP contribution in [0.2, 0.25) is 0 Å². The number of hydrogen-bond donors (Lipinski definition) is 1. The molecule has 0 unspecified atom stereocenters. The van der Waals surface area contributed by atoms with Crippen LogP contribution in [0.1, 0.15) is 17.5 Å². The van der Waals surface area contributed by atoms with Crippen LogP contribution in [0, 0.1) is 11.3 Å². The highest BCUT2D eigenvalue weighted by atomic mass is 16.5. The summed E-state index contributed by atoms with van der Waals surface area (Å²) in [6, 6.07) is 9.85. The summed E-state index contributed by atoms with van der Waals surface area (Å²) in [6.45, 7) is 2.86. The van der Waals surface area contributed by atoms with Gasteiger partial charge in [0, 0.05) is 39.2 Å². The number of benzene rings is 1. The number of ether oxygens (including phenoxy) is 1. The second-order valence-electron chi connectivity index (χ2n) is 4.59. The van der Waals surface area contributed by atoms with Crippen molar-refractivity contribution in [1.29, 1.82) is 5.26 Å². The van der Waals surface area contributed by atoms with Crippen LogP contribution in [-0.4, -0.2) is 42.8 Å². The van der Waals surface area contributed by atoms with Gasteiger partial charge in [0.25, 0.3) is 0 Å². The average Bonchev–Trinajstić information content (AvgIpc) is 2.49. The van der Waals surface area contributed by atoms with Crippen LogP contribution in [-0.2, 0) is 16.1 Å². The number of carbonyl (C=O) groups is 1. The van der Waals surface area contributed by atoms with Crippen LogP contribution < -0.4 is 0 Å². The first-order valence-corrected chi connectivity index (χ1v) is 6.74. The van der Waals surface area contributed by atoms with Gasteiger partial charge in [0.1, 0.15) is 0 Å². The van der Waals surface area contributed by atoms with E-state index < -0.39 is 5.97 Å². The molecule has 1 aromatic rings. The van der Waals surface area contributed by atoms with Crippen molar-refractivity contribution in [3.8, 4) is 6.07 Å². The van der Waals surface area contributed by atoms with Gasteiger partial charge >= 0.3 is 5.97 Å². The van der Waals surface area contributed by atoms with Gasteiger partial charge in [-0.05, 0) is 17.2 Å². The number of nitriles is 1. The SMILES string of the molecule is COCCN(CCC#N)Cc1ccc(C=CC(=O)O)cc1. The second-order valence-corrected chi connectivity index (χ2v) is 4.59. The number of rotatable bonds is 9. The van der Waals surface area contributed by atoms with Crippen LogP contribution in [0.4, 0.5) is 0 Å². The molecule has 0 heterocycles. The summed E-state index contributed by atoms with van der Waals surface area (Å²) >= 11 is 0. The van der Waals surface area contributed by atoms with E-state index in [1.165, 1.54) is 0 Å². The van der Waals surface area contributed by atoms with Gasteiger partial charge in [-0.15, -0.1) is 0 Å². The Morgan fingerprint density at radius 3 is 2.67 bits per heavy atom. The normalized spacial score (nSPS) is 10.9. The first kappa shape index (κ1) is 16.9. The van der Waals surface area contributed by atoms with E-state index in [2.05, 4.69) is 11.0 Å². The monoisotopic (exact) mass is 288 g/mol. The Balaban J connectivity index is 2.62. The molecule has 112 valence electrons. The number of hydrogen-bond acceptors (Lipinski definition) is 4. The van der Waals surface area contributed by atoms with Crippen molar-refractivity contribution < 1.29 is 14.6 Å². The van der Waals surface area contributed by atoms with Crippen LogP contribution in [0.25, 0.3) is 6.08 Å².